The zero-order valence-electron chi connectivity index (χ0n) is 17.2. The monoisotopic (exact) mass is 420 g/mol. The van der Waals surface area contributed by atoms with Crippen LogP contribution in [0.2, 0.25) is 0 Å². The van der Waals surface area contributed by atoms with Crippen LogP contribution in [0.5, 0.6) is 0 Å². The number of anilines is 2. The third-order valence-corrected chi connectivity index (χ3v) is 5.06. The third-order valence-electron chi connectivity index (χ3n) is 5.06. The average Bonchev–Trinajstić information content (AvgIpc) is 3.22. The first-order valence-electron chi connectivity index (χ1n) is 9.96. The Balaban J connectivity index is 1.45. The van der Waals surface area contributed by atoms with Crippen LogP contribution >= 0.6 is 0 Å². The molecule has 0 bridgehead atoms. The van der Waals surface area contributed by atoms with E-state index in [1.807, 2.05) is 30.3 Å². The summed E-state index contributed by atoms with van der Waals surface area (Å²) in [4.78, 5) is 19.0. The SMILES string of the molecule is C#C[C@H]1CN(c2n[nH]c3cc(NC(=O)N[C@H](COC)c4ccccc4)ncc23)CCO1. The van der Waals surface area contributed by atoms with E-state index < -0.39 is 0 Å². The van der Waals surface area contributed by atoms with E-state index in [1.165, 1.54) is 0 Å². The summed E-state index contributed by atoms with van der Waals surface area (Å²) in [7, 11) is 1.60. The normalized spacial score (nSPS) is 17.2. The predicted molar refractivity (Wildman–Crippen MR) is 118 cm³/mol. The molecule has 9 heteroatoms. The molecule has 0 spiro atoms. The molecule has 3 heterocycles. The lowest BCUT2D eigenvalue weighted by Gasteiger charge is -2.30. The van der Waals surface area contributed by atoms with Crippen molar-refractivity contribution < 1.29 is 14.3 Å². The van der Waals surface area contributed by atoms with Gasteiger partial charge in [0.25, 0.3) is 0 Å². The average molecular weight is 420 g/mol. The summed E-state index contributed by atoms with van der Waals surface area (Å²) < 4.78 is 10.8. The van der Waals surface area contributed by atoms with Gasteiger partial charge in [-0.25, -0.2) is 9.78 Å². The minimum Gasteiger partial charge on any atom is -0.382 e. The fourth-order valence-electron chi connectivity index (χ4n) is 3.54. The minimum absolute atomic E-state index is 0.261. The fraction of sp³-hybridized carbons (Fsp3) is 0.318. The second-order valence-electron chi connectivity index (χ2n) is 7.15. The quantitative estimate of drug-likeness (QED) is 0.529. The van der Waals surface area contributed by atoms with E-state index in [4.69, 9.17) is 15.9 Å². The number of carbonyl (C=O) groups excluding carboxylic acids is 1. The van der Waals surface area contributed by atoms with E-state index in [-0.39, 0.29) is 18.2 Å². The highest BCUT2D eigenvalue weighted by Gasteiger charge is 2.23. The van der Waals surface area contributed by atoms with Crippen molar-refractivity contribution in [1.82, 2.24) is 20.5 Å². The highest BCUT2D eigenvalue weighted by molar-refractivity contribution is 5.94. The summed E-state index contributed by atoms with van der Waals surface area (Å²) in [5, 5.41) is 14.0. The van der Waals surface area contributed by atoms with Crippen molar-refractivity contribution in [2.45, 2.75) is 12.1 Å². The highest BCUT2D eigenvalue weighted by atomic mass is 16.5. The number of rotatable bonds is 6. The fourth-order valence-corrected chi connectivity index (χ4v) is 3.54. The molecule has 31 heavy (non-hydrogen) atoms. The molecule has 3 N–H and O–H groups in total. The van der Waals surface area contributed by atoms with Crippen molar-refractivity contribution in [3.8, 4) is 12.3 Å². The van der Waals surface area contributed by atoms with Crippen molar-refractivity contribution in [1.29, 1.82) is 0 Å². The number of aromatic amines is 1. The van der Waals surface area contributed by atoms with E-state index in [0.717, 1.165) is 22.3 Å². The van der Waals surface area contributed by atoms with Gasteiger partial charge in [0.2, 0.25) is 0 Å². The van der Waals surface area contributed by atoms with Crippen LogP contribution in [0.3, 0.4) is 0 Å². The van der Waals surface area contributed by atoms with E-state index in [0.29, 0.717) is 32.1 Å². The largest absolute Gasteiger partial charge is 0.382 e. The summed E-state index contributed by atoms with van der Waals surface area (Å²) in [5.41, 5.74) is 1.72. The Morgan fingerprint density at radius 3 is 3.06 bits per heavy atom. The Kier molecular flexibility index (Phi) is 6.31. The van der Waals surface area contributed by atoms with E-state index in [9.17, 15) is 4.79 Å². The minimum atomic E-state index is -0.373. The lowest BCUT2D eigenvalue weighted by molar-refractivity contribution is 0.0777. The van der Waals surface area contributed by atoms with Crippen LogP contribution in [0, 0.1) is 12.3 Å². The summed E-state index contributed by atoms with van der Waals surface area (Å²) in [6.45, 7) is 2.16. The summed E-state index contributed by atoms with van der Waals surface area (Å²) in [5.74, 6) is 3.81. The molecule has 1 saturated heterocycles. The molecule has 4 rings (SSSR count). The first kappa shape index (κ1) is 20.7. The Bertz CT molecular complexity index is 1080. The number of amides is 2. The third kappa shape index (κ3) is 4.77. The van der Waals surface area contributed by atoms with Crippen molar-refractivity contribution in [3.05, 3.63) is 48.2 Å². The predicted octanol–water partition coefficient (Wildman–Crippen LogP) is 2.31. The van der Waals surface area contributed by atoms with Crippen LogP contribution < -0.4 is 15.5 Å². The number of H-pyrrole nitrogens is 1. The van der Waals surface area contributed by atoms with Gasteiger partial charge in [0, 0.05) is 25.9 Å². The number of terminal acetylenes is 1. The van der Waals surface area contributed by atoms with Gasteiger partial charge < -0.3 is 19.7 Å². The van der Waals surface area contributed by atoms with Gasteiger partial charge in [0.05, 0.1) is 36.7 Å². The first-order chi connectivity index (χ1) is 15.2. The molecular formula is C22H24N6O3. The number of benzene rings is 1. The molecule has 3 aromatic rings. The number of hydrogen-bond donors (Lipinski definition) is 3. The Morgan fingerprint density at radius 1 is 1.45 bits per heavy atom. The lowest BCUT2D eigenvalue weighted by Crippen LogP contribution is -2.42. The van der Waals surface area contributed by atoms with E-state index >= 15 is 0 Å². The standard InChI is InChI=1S/C22H24N6O3/c1-3-16-13-28(9-10-31-16)21-17-12-23-20(11-18(17)26-27-21)25-22(29)24-19(14-30-2)15-7-5-4-6-8-15/h1,4-8,11-12,16,19H,9-10,13-14H2,2H3,(H,26,27)(H2,23,24,25,29)/t16-,19+/m0/s1. The van der Waals surface area contributed by atoms with Gasteiger partial charge in [-0.1, -0.05) is 36.3 Å². The van der Waals surface area contributed by atoms with Crippen molar-refractivity contribution >= 4 is 28.6 Å². The second kappa shape index (κ2) is 9.47. The number of aromatic nitrogens is 3. The van der Waals surface area contributed by atoms with Crippen LogP contribution in [0.25, 0.3) is 10.9 Å². The molecule has 0 aliphatic carbocycles. The van der Waals surface area contributed by atoms with Crippen LogP contribution in [0.4, 0.5) is 16.4 Å². The number of fused-ring (bicyclic) bond motifs is 1. The van der Waals surface area contributed by atoms with Crippen LogP contribution in [0.1, 0.15) is 11.6 Å². The number of morpholine rings is 1. The molecule has 1 aliphatic rings. The molecule has 0 unspecified atom stereocenters. The first-order valence-corrected chi connectivity index (χ1v) is 9.96. The summed E-state index contributed by atoms with van der Waals surface area (Å²) in [6, 6.07) is 10.7. The molecule has 0 saturated carbocycles. The number of hydrogen-bond acceptors (Lipinski definition) is 6. The number of methoxy groups -OCH3 is 1. The van der Waals surface area contributed by atoms with Crippen molar-refractivity contribution in [3.63, 3.8) is 0 Å². The van der Waals surface area contributed by atoms with Gasteiger partial charge in [0.15, 0.2) is 5.82 Å². The molecule has 1 aromatic carbocycles. The van der Waals surface area contributed by atoms with E-state index in [1.54, 1.807) is 19.4 Å². The molecular weight excluding hydrogens is 396 g/mol. The van der Waals surface area contributed by atoms with Crippen LogP contribution in [-0.4, -0.2) is 60.7 Å². The second-order valence-corrected chi connectivity index (χ2v) is 7.15. The zero-order chi connectivity index (χ0) is 21.6. The van der Waals surface area contributed by atoms with Gasteiger partial charge in [-0.3, -0.25) is 10.4 Å². The molecule has 2 aromatic heterocycles. The van der Waals surface area contributed by atoms with Gasteiger partial charge in [-0.2, -0.15) is 5.10 Å². The van der Waals surface area contributed by atoms with Crippen molar-refractivity contribution in [2.75, 3.05) is 43.6 Å². The summed E-state index contributed by atoms with van der Waals surface area (Å²) in [6.07, 6.45) is 6.92. The molecule has 2 amide bonds. The topological polar surface area (TPSA) is 104 Å². The van der Waals surface area contributed by atoms with Crippen molar-refractivity contribution in [2.24, 2.45) is 0 Å². The molecule has 2 atom stereocenters. The summed E-state index contributed by atoms with van der Waals surface area (Å²) >= 11 is 0. The zero-order valence-corrected chi connectivity index (χ0v) is 17.2. The highest BCUT2D eigenvalue weighted by Crippen LogP contribution is 2.26. The maximum Gasteiger partial charge on any atom is 0.320 e. The van der Waals surface area contributed by atoms with Crippen LogP contribution in [0.15, 0.2) is 42.6 Å². The number of nitrogens with one attached hydrogen (secondary N) is 3. The molecule has 9 nitrogen and oxygen atoms in total. The molecule has 0 radical (unpaired) electrons. The Hall–Kier alpha value is -3.61. The van der Waals surface area contributed by atoms with Gasteiger partial charge in [-0.15, -0.1) is 6.42 Å². The number of ether oxygens (including phenoxy) is 2. The van der Waals surface area contributed by atoms with Gasteiger partial charge >= 0.3 is 6.03 Å². The number of pyridine rings is 1. The molecule has 1 fully saturated rings. The lowest BCUT2D eigenvalue weighted by atomic mass is 10.1. The van der Waals surface area contributed by atoms with E-state index in [2.05, 4.69) is 36.6 Å². The maximum atomic E-state index is 12.5. The smallest absolute Gasteiger partial charge is 0.320 e. The van der Waals surface area contributed by atoms with Gasteiger partial charge in [0.1, 0.15) is 11.9 Å². The maximum absolute atomic E-state index is 12.5. The number of urea groups is 1. The molecule has 1 aliphatic heterocycles. The number of carbonyl (C=O) groups is 1. The molecule has 160 valence electrons. The number of nitrogens with zero attached hydrogens (tertiary/aromatic N) is 3. The van der Waals surface area contributed by atoms with Gasteiger partial charge in [-0.05, 0) is 5.56 Å². The Morgan fingerprint density at radius 2 is 2.29 bits per heavy atom. The Labute approximate surface area is 180 Å². The van der Waals surface area contributed by atoms with Crippen LogP contribution in [-0.2, 0) is 9.47 Å².